The van der Waals surface area contributed by atoms with E-state index >= 15 is 0 Å². The summed E-state index contributed by atoms with van der Waals surface area (Å²) < 4.78 is 14.3. The maximum Gasteiger partial charge on any atom is 0.146 e. The van der Waals surface area contributed by atoms with Crippen molar-refractivity contribution in [3.8, 4) is 0 Å². The first-order chi connectivity index (χ1) is 9.53. The molecule has 0 saturated heterocycles. The van der Waals surface area contributed by atoms with E-state index in [-0.39, 0.29) is 11.4 Å². The van der Waals surface area contributed by atoms with Gasteiger partial charge in [0, 0.05) is 25.2 Å². The molecule has 1 aromatic rings. The number of nitrogens with zero attached hydrogens (tertiary/aromatic N) is 1. The fourth-order valence-corrected chi connectivity index (χ4v) is 2.23. The van der Waals surface area contributed by atoms with E-state index in [4.69, 9.17) is 0 Å². The van der Waals surface area contributed by atoms with Gasteiger partial charge in [-0.2, -0.15) is 0 Å². The Labute approximate surface area is 128 Å². The summed E-state index contributed by atoms with van der Waals surface area (Å²) in [6.07, 6.45) is 0. The van der Waals surface area contributed by atoms with Crippen LogP contribution in [0.15, 0.2) is 18.2 Å². The highest BCUT2D eigenvalue weighted by Crippen LogP contribution is 2.26. The van der Waals surface area contributed by atoms with Crippen LogP contribution in [0, 0.1) is 5.82 Å². The lowest BCUT2D eigenvalue weighted by Gasteiger charge is -2.32. The minimum absolute atomic E-state index is 0.0309. The Bertz CT molecular complexity index is 461. The van der Waals surface area contributed by atoms with E-state index in [1.54, 1.807) is 19.9 Å². The van der Waals surface area contributed by atoms with Gasteiger partial charge in [0.15, 0.2) is 0 Å². The monoisotopic (exact) mass is 296 g/mol. The maximum absolute atomic E-state index is 14.3. The highest BCUT2D eigenvalue weighted by atomic mass is 19.1. The van der Waals surface area contributed by atoms with Gasteiger partial charge in [-0.05, 0) is 53.2 Å². The van der Waals surface area contributed by atoms with Crippen LogP contribution in [0.1, 0.15) is 47.1 Å². The van der Waals surface area contributed by atoms with Crippen molar-refractivity contribution in [2.75, 3.05) is 18.0 Å². The normalized spacial score (nSPS) is 12.6. The summed E-state index contributed by atoms with van der Waals surface area (Å²) >= 11 is 0. The van der Waals surface area contributed by atoms with Gasteiger partial charge in [0.25, 0.3) is 0 Å². The lowest BCUT2D eigenvalue weighted by atomic mass is 10.0. The maximum atomic E-state index is 14.3. The third-order valence-electron chi connectivity index (χ3n) is 3.16. The lowest BCUT2D eigenvalue weighted by molar-refractivity contribution is 0.0874. The highest BCUT2D eigenvalue weighted by Gasteiger charge is 2.22. The predicted molar refractivity (Wildman–Crippen MR) is 87.2 cm³/mol. The van der Waals surface area contributed by atoms with E-state index in [0.29, 0.717) is 25.3 Å². The number of halogens is 1. The first-order valence-electron chi connectivity index (χ1n) is 7.53. The third-order valence-corrected chi connectivity index (χ3v) is 3.16. The summed E-state index contributed by atoms with van der Waals surface area (Å²) in [6.45, 7) is 13.3. The SMILES string of the molecule is CCN(CC(C)(C)O)c1c(F)cccc1CNC(C)(C)C. The van der Waals surface area contributed by atoms with Crippen LogP contribution < -0.4 is 10.2 Å². The fraction of sp³-hybridized carbons (Fsp3) is 0.647. The van der Waals surface area contributed by atoms with Crippen LogP contribution in [0.25, 0.3) is 0 Å². The molecule has 0 atom stereocenters. The summed E-state index contributed by atoms with van der Waals surface area (Å²) in [5.41, 5.74) is 0.596. The molecule has 0 aliphatic rings. The molecule has 21 heavy (non-hydrogen) atoms. The van der Waals surface area contributed by atoms with Gasteiger partial charge in [-0.3, -0.25) is 0 Å². The average Bonchev–Trinajstić information content (AvgIpc) is 2.32. The molecule has 0 amide bonds. The Morgan fingerprint density at radius 3 is 2.29 bits per heavy atom. The van der Waals surface area contributed by atoms with E-state index in [1.807, 2.05) is 17.9 Å². The molecule has 1 rings (SSSR count). The third kappa shape index (κ3) is 6.02. The number of para-hydroxylation sites is 1. The van der Waals surface area contributed by atoms with Crippen molar-refractivity contribution < 1.29 is 9.50 Å². The second kappa shape index (κ2) is 6.75. The van der Waals surface area contributed by atoms with Gasteiger partial charge in [0.05, 0.1) is 11.3 Å². The zero-order valence-electron chi connectivity index (χ0n) is 14.1. The Morgan fingerprint density at radius 2 is 1.81 bits per heavy atom. The summed E-state index contributed by atoms with van der Waals surface area (Å²) in [5, 5.41) is 13.4. The van der Waals surface area contributed by atoms with Gasteiger partial charge in [-0.25, -0.2) is 4.39 Å². The summed E-state index contributed by atoms with van der Waals surface area (Å²) in [4.78, 5) is 1.90. The van der Waals surface area contributed by atoms with Crippen molar-refractivity contribution >= 4 is 5.69 Å². The van der Waals surface area contributed by atoms with E-state index in [1.165, 1.54) is 6.07 Å². The number of hydrogen-bond donors (Lipinski definition) is 2. The number of aliphatic hydroxyl groups is 1. The van der Waals surface area contributed by atoms with Crippen LogP contribution in [0.2, 0.25) is 0 Å². The average molecular weight is 296 g/mol. The van der Waals surface area contributed by atoms with E-state index < -0.39 is 5.60 Å². The van der Waals surface area contributed by atoms with Crippen LogP contribution in [0.3, 0.4) is 0 Å². The van der Waals surface area contributed by atoms with Crippen LogP contribution >= 0.6 is 0 Å². The number of nitrogens with one attached hydrogen (secondary N) is 1. The van der Waals surface area contributed by atoms with Gasteiger partial charge < -0.3 is 15.3 Å². The highest BCUT2D eigenvalue weighted by molar-refractivity contribution is 5.55. The molecular formula is C17H29FN2O. The molecule has 0 aromatic heterocycles. The lowest BCUT2D eigenvalue weighted by Crippen LogP contribution is -2.40. The molecule has 0 unspecified atom stereocenters. The van der Waals surface area contributed by atoms with Crippen LogP contribution in [0.4, 0.5) is 10.1 Å². The second-order valence-electron chi connectivity index (χ2n) is 7.18. The Morgan fingerprint density at radius 1 is 1.19 bits per heavy atom. The quantitative estimate of drug-likeness (QED) is 0.845. The first kappa shape index (κ1) is 17.9. The molecule has 0 aliphatic heterocycles. The Hall–Kier alpha value is -1.13. The van der Waals surface area contributed by atoms with Gasteiger partial charge in [-0.15, -0.1) is 0 Å². The smallest absolute Gasteiger partial charge is 0.146 e. The van der Waals surface area contributed by atoms with Crippen molar-refractivity contribution in [2.24, 2.45) is 0 Å². The molecule has 0 radical (unpaired) electrons. The van der Waals surface area contributed by atoms with Crippen molar-refractivity contribution in [1.29, 1.82) is 0 Å². The molecule has 0 bridgehead atoms. The van der Waals surface area contributed by atoms with Crippen molar-refractivity contribution in [3.05, 3.63) is 29.6 Å². The molecule has 0 aliphatic carbocycles. The van der Waals surface area contributed by atoms with Crippen molar-refractivity contribution in [2.45, 2.75) is 59.2 Å². The topological polar surface area (TPSA) is 35.5 Å². The van der Waals surface area contributed by atoms with Gasteiger partial charge in [0.2, 0.25) is 0 Å². The molecule has 0 saturated carbocycles. The molecule has 1 aromatic carbocycles. The second-order valence-corrected chi connectivity index (χ2v) is 7.18. The summed E-state index contributed by atoms with van der Waals surface area (Å²) in [5.74, 6) is -0.241. The van der Waals surface area contributed by atoms with Gasteiger partial charge >= 0.3 is 0 Å². The largest absolute Gasteiger partial charge is 0.389 e. The standard InChI is InChI=1S/C17H29FN2O/c1-7-20(12-17(5,6)21)15-13(9-8-10-14(15)18)11-19-16(2,3)4/h8-10,19,21H,7,11-12H2,1-6H3. The minimum atomic E-state index is -0.868. The zero-order chi connectivity index (χ0) is 16.3. The van der Waals surface area contributed by atoms with Gasteiger partial charge in [0.1, 0.15) is 5.82 Å². The molecule has 3 nitrogen and oxygen atoms in total. The number of likely N-dealkylation sites (N-methyl/N-ethyl adjacent to an activating group) is 1. The zero-order valence-corrected chi connectivity index (χ0v) is 14.1. The van der Waals surface area contributed by atoms with Crippen LogP contribution in [0.5, 0.6) is 0 Å². The minimum Gasteiger partial charge on any atom is -0.389 e. The number of anilines is 1. The molecule has 0 heterocycles. The van der Waals surface area contributed by atoms with Crippen LogP contribution in [-0.2, 0) is 6.54 Å². The van der Waals surface area contributed by atoms with Crippen molar-refractivity contribution in [1.82, 2.24) is 5.32 Å². The van der Waals surface area contributed by atoms with Crippen molar-refractivity contribution in [3.63, 3.8) is 0 Å². The number of hydrogen-bond acceptors (Lipinski definition) is 3. The predicted octanol–water partition coefficient (Wildman–Crippen LogP) is 3.31. The van der Waals surface area contributed by atoms with Crippen LogP contribution in [-0.4, -0.2) is 29.3 Å². The molecule has 4 heteroatoms. The fourth-order valence-electron chi connectivity index (χ4n) is 2.23. The first-order valence-corrected chi connectivity index (χ1v) is 7.53. The van der Waals surface area contributed by atoms with Gasteiger partial charge in [-0.1, -0.05) is 12.1 Å². The Kier molecular flexibility index (Phi) is 5.76. The number of rotatable bonds is 6. The van der Waals surface area contributed by atoms with E-state index in [9.17, 15) is 9.50 Å². The number of benzene rings is 1. The Balaban J connectivity index is 3.08. The van der Waals surface area contributed by atoms with E-state index in [0.717, 1.165) is 5.56 Å². The van der Waals surface area contributed by atoms with E-state index in [2.05, 4.69) is 26.1 Å². The summed E-state index contributed by atoms with van der Waals surface area (Å²) in [7, 11) is 0. The molecule has 120 valence electrons. The summed E-state index contributed by atoms with van der Waals surface area (Å²) in [6, 6.07) is 5.14. The molecular weight excluding hydrogens is 267 g/mol. The molecule has 2 N–H and O–H groups in total. The molecule has 0 fully saturated rings. The molecule has 0 spiro atoms.